The normalized spacial score (nSPS) is 14.2. The molecule has 0 aromatic heterocycles. The molecule has 3 aromatic carbocycles. The molecule has 0 bridgehead atoms. The number of phenols is 1. The van der Waals surface area contributed by atoms with Gasteiger partial charge in [-0.2, -0.15) is 0 Å². The molecule has 0 aliphatic carbocycles. The number of likely N-dealkylation sites (N-methyl/N-ethyl adjacent to an activating group) is 1. The van der Waals surface area contributed by atoms with Crippen LogP contribution < -0.4 is 5.32 Å². The van der Waals surface area contributed by atoms with Crippen molar-refractivity contribution in [1.29, 1.82) is 0 Å². The molecule has 1 aliphatic rings. The maximum atomic E-state index is 13.3. The summed E-state index contributed by atoms with van der Waals surface area (Å²) in [6, 6.07) is 21.6. The van der Waals surface area contributed by atoms with E-state index in [2.05, 4.69) is 5.32 Å². The van der Waals surface area contributed by atoms with E-state index in [1.54, 1.807) is 32.0 Å². The van der Waals surface area contributed by atoms with Crippen LogP contribution in [-0.4, -0.2) is 65.3 Å². The molecule has 0 fully saturated rings. The standard InChI is InChI=1S/C26H29N3O6.C7H6O3/c1-17-22(25(30)34-4)24(20-11-8-12-21(15-20)29(32)33)23(18(2)27-17)26(31)35-14-13-28(3)16-19-9-6-5-7-10-19;8-6-4-2-1-3-5(6)7(9)10/h5-12,15,24,27H,13-14,16H2,1-4H3;1-4,8H,(H,9,10). The number of carbonyl (C=O) groups is 3. The molecule has 236 valence electrons. The van der Waals surface area contributed by atoms with Crippen LogP contribution in [0, 0.1) is 10.1 Å². The van der Waals surface area contributed by atoms with E-state index in [9.17, 15) is 24.5 Å². The van der Waals surface area contributed by atoms with E-state index in [1.807, 2.05) is 42.3 Å². The monoisotopic (exact) mass is 617 g/mol. The third-order valence-corrected chi connectivity index (χ3v) is 6.94. The Morgan fingerprint density at radius 3 is 2.13 bits per heavy atom. The van der Waals surface area contributed by atoms with Crippen molar-refractivity contribution in [3.8, 4) is 5.75 Å². The molecule has 0 spiro atoms. The second kappa shape index (κ2) is 15.8. The van der Waals surface area contributed by atoms with Gasteiger partial charge in [0, 0.05) is 36.6 Å². The first-order valence-electron chi connectivity index (χ1n) is 13.9. The molecule has 12 nitrogen and oxygen atoms in total. The Labute approximate surface area is 260 Å². The average Bonchev–Trinajstić information content (AvgIpc) is 3.01. The van der Waals surface area contributed by atoms with Crippen molar-refractivity contribution in [2.75, 3.05) is 27.3 Å². The molecule has 3 N–H and O–H groups in total. The van der Waals surface area contributed by atoms with Crippen molar-refractivity contribution in [3.05, 3.63) is 128 Å². The molecule has 45 heavy (non-hydrogen) atoms. The van der Waals surface area contributed by atoms with Crippen LogP contribution >= 0.6 is 0 Å². The average molecular weight is 618 g/mol. The number of allylic oxidation sites excluding steroid dienone is 2. The minimum absolute atomic E-state index is 0.0671. The number of methoxy groups -OCH3 is 1. The third kappa shape index (κ3) is 9.00. The van der Waals surface area contributed by atoms with Crippen LogP contribution in [0.4, 0.5) is 5.69 Å². The summed E-state index contributed by atoms with van der Waals surface area (Å²) in [5.74, 6) is -3.42. The molecule has 1 atom stereocenters. The zero-order valence-corrected chi connectivity index (χ0v) is 25.4. The molecule has 3 aromatic rings. The Morgan fingerprint density at radius 2 is 1.56 bits per heavy atom. The molecule has 12 heteroatoms. The number of nitro benzene ring substituents is 1. The number of carboxylic acid groups (broad SMARTS) is 1. The summed E-state index contributed by atoms with van der Waals surface area (Å²) < 4.78 is 10.6. The van der Waals surface area contributed by atoms with Gasteiger partial charge in [0.1, 0.15) is 17.9 Å². The predicted octanol–water partition coefficient (Wildman–Crippen LogP) is 4.77. The number of hydrogen-bond acceptors (Lipinski definition) is 10. The molecular formula is C33H35N3O9. The highest BCUT2D eigenvalue weighted by molar-refractivity contribution is 6.00. The first kappa shape index (κ1) is 34.0. The van der Waals surface area contributed by atoms with Crippen molar-refractivity contribution < 1.29 is 39.0 Å². The van der Waals surface area contributed by atoms with Gasteiger partial charge in [-0.1, -0.05) is 54.6 Å². The van der Waals surface area contributed by atoms with Gasteiger partial charge >= 0.3 is 17.9 Å². The van der Waals surface area contributed by atoms with Gasteiger partial charge in [0.15, 0.2) is 0 Å². The van der Waals surface area contributed by atoms with Gasteiger partial charge < -0.3 is 25.0 Å². The number of benzene rings is 3. The van der Waals surface area contributed by atoms with Crippen LogP contribution in [-0.2, 0) is 25.6 Å². The largest absolute Gasteiger partial charge is 0.507 e. The number of carboxylic acids is 1. The molecule has 0 saturated carbocycles. The lowest BCUT2D eigenvalue weighted by atomic mass is 9.80. The third-order valence-electron chi connectivity index (χ3n) is 6.94. The Balaban J connectivity index is 0.000000468. The summed E-state index contributed by atoms with van der Waals surface area (Å²) in [6.45, 7) is 4.74. The molecule has 0 saturated heterocycles. The fourth-order valence-corrected chi connectivity index (χ4v) is 4.80. The molecule has 1 unspecified atom stereocenters. The van der Waals surface area contributed by atoms with E-state index in [1.165, 1.54) is 37.4 Å². The van der Waals surface area contributed by atoms with E-state index in [0.29, 0.717) is 30.0 Å². The van der Waals surface area contributed by atoms with Crippen molar-refractivity contribution >= 4 is 23.6 Å². The molecule has 0 radical (unpaired) electrons. The first-order valence-corrected chi connectivity index (χ1v) is 13.9. The Hall–Kier alpha value is -5.49. The van der Waals surface area contributed by atoms with Crippen molar-refractivity contribution in [2.24, 2.45) is 0 Å². The lowest BCUT2D eigenvalue weighted by molar-refractivity contribution is -0.384. The Morgan fingerprint density at radius 1 is 0.933 bits per heavy atom. The van der Waals surface area contributed by atoms with E-state index >= 15 is 0 Å². The second-order valence-electron chi connectivity index (χ2n) is 10.2. The minimum Gasteiger partial charge on any atom is -0.507 e. The van der Waals surface area contributed by atoms with E-state index in [0.717, 1.165) is 5.56 Å². The van der Waals surface area contributed by atoms with Crippen LogP contribution in [0.1, 0.15) is 41.3 Å². The molecule has 1 aliphatic heterocycles. The summed E-state index contributed by atoms with van der Waals surface area (Å²) >= 11 is 0. The lowest BCUT2D eigenvalue weighted by Crippen LogP contribution is -2.33. The fraction of sp³-hybridized carbons (Fsp3) is 0.242. The summed E-state index contributed by atoms with van der Waals surface area (Å²) in [6.07, 6.45) is 0. The number of dihydropyridines is 1. The number of hydrogen-bond donors (Lipinski definition) is 3. The van der Waals surface area contributed by atoms with Crippen LogP contribution in [0.25, 0.3) is 0 Å². The zero-order chi connectivity index (χ0) is 33.1. The fourth-order valence-electron chi connectivity index (χ4n) is 4.80. The SMILES string of the molecule is COC(=O)C1=C(C)NC(C)=C(C(=O)OCCN(C)Cc2ccccc2)C1c1cccc([N+](=O)[O-])c1.O=C(O)c1ccccc1O. The van der Waals surface area contributed by atoms with Gasteiger partial charge in [-0.15, -0.1) is 0 Å². The summed E-state index contributed by atoms with van der Waals surface area (Å²) in [4.78, 5) is 49.1. The number of carbonyl (C=O) groups excluding carboxylic acids is 2. The van der Waals surface area contributed by atoms with Crippen LogP contribution in [0.15, 0.2) is 101 Å². The van der Waals surface area contributed by atoms with Gasteiger partial charge in [0.05, 0.1) is 29.1 Å². The first-order chi connectivity index (χ1) is 21.4. The number of nitrogens with one attached hydrogen (secondary N) is 1. The van der Waals surface area contributed by atoms with Gasteiger partial charge in [0.2, 0.25) is 0 Å². The van der Waals surface area contributed by atoms with Crippen molar-refractivity contribution in [1.82, 2.24) is 10.2 Å². The van der Waals surface area contributed by atoms with E-state index in [-0.39, 0.29) is 34.8 Å². The van der Waals surface area contributed by atoms with E-state index in [4.69, 9.17) is 19.7 Å². The van der Waals surface area contributed by atoms with Crippen LogP contribution in [0.5, 0.6) is 5.75 Å². The number of nitro groups is 1. The highest BCUT2D eigenvalue weighted by atomic mass is 16.6. The molecule has 0 amide bonds. The topological polar surface area (TPSA) is 169 Å². The number of nitrogens with zero attached hydrogens (tertiary/aromatic N) is 2. The summed E-state index contributed by atoms with van der Waals surface area (Å²) in [5, 5.41) is 31.7. The van der Waals surface area contributed by atoms with Gasteiger partial charge in [-0.05, 0) is 44.2 Å². The van der Waals surface area contributed by atoms with Gasteiger partial charge in [-0.3, -0.25) is 15.0 Å². The Kier molecular flexibility index (Phi) is 12.0. The highest BCUT2D eigenvalue weighted by Gasteiger charge is 2.38. The van der Waals surface area contributed by atoms with Gasteiger partial charge in [0.25, 0.3) is 5.69 Å². The van der Waals surface area contributed by atoms with Crippen LogP contribution in [0.2, 0.25) is 0 Å². The predicted molar refractivity (Wildman–Crippen MR) is 165 cm³/mol. The second-order valence-corrected chi connectivity index (χ2v) is 10.2. The minimum atomic E-state index is -1.11. The summed E-state index contributed by atoms with van der Waals surface area (Å²) in [5.41, 5.74) is 2.78. The number of rotatable bonds is 10. The highest BCUT2D eigenvalue weighted by Crippen LogP contribution is 2.40. The number of non-ortho nitro benzene ring substituents is 1. The van der Waals surface area contributed by atoms with Gasteiger partial charge in [-0.25, -0.2) is 14.4 Å². The smallest absolute Gasteiger partial charge is 0.339 e. The number of aromatic hydroxyl groups is 1. The Bertz CT molecular complexity index is 1620. The van der Waals surface area contributed by atoms with Crippen LogP contribution in [0.3, 0.4) is 0 Å². The number of esters is 2. The quantitative estimate of drug-likeness (QED) is 0.163. The maximum Gasteiger partial charge on any atom is 0.339 e. The maximum absolute atomic E-state index is 13.3. The van der Waals surface area contributed by atoms with E-state index < -0.39 is 28.7 Å². The lowest BCUT2D eigenvalue weighted by Gasteiger charge is -2.30. The molecule has 4 rings (SSSR count). The number of ether oxygens (including phenoxy) is 2. The zero-order valence-electron chi connectivity index (χ0n) is 25.4. The number of para-hydroxylation sites is 1. The molecular weight excluding hydrogens is 582 g/mol. The van der Waals surface area contributed by atoms with Crippen molar-refractivity contribution in [2.45, 2.75) is 26.3 Å². The number of aromatic carboxylic acids is 1. The summed E-state index contributed by atoms with van der Waals surface area (Å²) in [7, 11) is 3.18. The molecule has 1 heterocycles. The van der Waals surface area contributed by atoms with Crippen molar-refractivity contribution in [3.63, 3.8) is 0 Å².